The fourth-order valence-electron chi connectivity index (χ4n) is 2.54. The van der Waals surface area contributed by atoms with Crippen molar-refractivity contribution in [2.24, 2.45) is 0 Å². The van der Waals surface area contributed by atoms with E-state index in [1.54, 1.807) is 24.3 Å². The van der Waals surface area contributed by atoms with E-state index in [1.807, 2.05) is 18.2 Å². The van der Waals surface area contributed by atoms with E-state index in [-0.39, 0.29) is 5.75 Å². The molecule has 0 spiro atoms. The van der Waals surface area contributed by atoms with E-state index in [0.29, 0.717) is 22.4 Å². The van der Waals surface area contributed by atoms with Crippen molar-refractivity contribution in [1.29, 1.82) is 0 Å². The first-order valence-electron chi connectivity index (χ1n) is 7.42. The van der Waals surface area contributed by atoms with Crippen molar-refractivity contribution in [3.63, 3.8) is 0 Å². The van der Waals surface area contributed by atoms with Crippen molar-refractivity contribution in [2.45, 2.75) is 0 Å². The Morgan fingerprint density at radius 1 is 1.08 bits per heavy atom. The number of nitrogens with two attached hydrogens (primary N) is 1. The maximum atomic E-state index is 10.5. The predicted molar refractivity (Wildman–Crippen MR) is 97.9 cm³/mol. The Hall–Kier alpha value is -3.32. The minimum absolute atomic E-state index is 0.0472. The molecule has 0 bridgehead atoms. The molecule has 124 valence electrons. The quantitative estimate of drug-likeness (QED) is 0.447. The average molecular weight is 353 g/mol. The molecule has 8 heteroatoms. The van der Waals surface area contributed by atoms with Crippen LogP contribution in [-0.4, -0.2) is 25.3 Å². The van der Waals surface area contributed by atoms with E-state index in [2.05, 4.69) is 25.5 Å². The molecule has 0 saturated carbocycles. The van der Waals surface area contributed by atoms with E-state index < -0.39 is 0 Å². The molecule has 4 aromatic rings. The summed E-state index contributed by atoms with van der Waals surface area (Å²) in [5, 5.41) is 21.9. The summed E-state index contributed by atoms with van der Waals surface area (Å²) in [4.78, 5) is 8.27. The molecule has 0 atom stereocenters. The fraction of sp³-hybridized carbons (Fsp3) is 0. The number of hydrogen-bond donors (Lipinski definition) is 4. The molecule has 0 aliphatic heterocycles. The lowest BCUT2D eigenvalue weighted by Gasteiger charge is -2.10. The zero-order chi connectivity index (χ0) is 17.4. The number of fused-ring (bicyclic) bond motifs is 1. The Morgan fingerprint density at radius 2 is 1.88 bits per heavy atom. The Balaban J connectivity index is 1.70. The molecule has 0 unspecified atom stereocenters. The molecule has 4 rings (SSSR count). The maximum Gasteiger partial charge on any atom is 0.185 e. The number of hydrogen-bond acceptors (Lipinski definition) is 6. The van der Waals surface area contributed by atoms with Crippen LogP contribution in [0.1, 0.15) is 0 Å². The van der Waals surface area contributed by atoms with Crippen molar-refractivity contribution in [3.8, 4) is 17.0 Å². The molecule has 2 aromatic heterocycles. The number of H-pyrrole nitrogens is 1. The van der Waals surface area contributed by atoms with Crippen LogP contribution in [-0.2, 0) is 0 Å². The van der Waals surface area contributed by atoms with Gasteiger partial charge in [-0.1, -0.05) is 23.7 Å². The first kappa shape index (κ1) is 15.2. The van der Waals surface area contributed by atoms with Gasteiger partial charge in [-0.15, -0.1) is 0 Å². The van der Waals surface area contributed by atoms with E-state index in [4.69, 9.17) is 17.3 Å². The highest BCUT2D eigenvalue weighted by atomic mass is 35.5. The summed E-state index contributed by atoms with van der Waals surface area (Å²) in [6, 6.07) is 12.6. The summed E-state index contributed by atoms with van der Waals surface area (Å²) in [5.41, 5.74) is 8.44. The second-order valence-corrected chi connectivity index (χ2v) is 5.86. The Morgan fingerprint density at radius 3 is 2.68 bits per heavy atom. The van der Waals surface area contributed by atoms with Crippen LogP contribution < -0.4 is 11.1 Å². The van der Waals surface area contributed by atoms with Crippen LogP contribution in [0.3, 0.4) is 0 Å². The predicted octanol–water partition coefficient (Wildman–Crippen LogP) is 3.70. The highest BCUT2D eigenvalue weighted by molar-refractivity contribution is 6.30. The molecule has 0 amide bonds. The third kappa shape index (κ3) is 2.81. The molecule has 25 heavy (non-hydrogen) atoms. The van der Waals surface area contributed by atoms with E-state index in [9.17, 15) is 5.11 Å². The van der Waals surface area contributed by atoms with Gasteiger partial charge in [-0.2, -0.15) is 5.10 Å². The molecule has 0 saturated heterocycles. The Kier molecular flexibility index (Phi) is 3.62. The van der Waals surface area contributed by atoms with Gasteiger partial charge in [0.1, 0.15) is 12.0 Å². The van der Waals surface area contributed by atoms with Crippen molar-refractivity contribution >= 4 is 39.8 Å². The molecule has 2 aromatic carbocycles. The summed E-state index contributed by atoms with van der Waals surface area (Å²) in [5.74, 6) is 0.692. The van der Waals surface area contributed by atoms with Crippen LogP contribution >= 0.6 is 11.6 Å². The van der Waals surface area contributed by atoms with Gasteiger partial charge in [-0.25, -0.2) is 9.97 Å². The number of nitrogens with one attached hydrogen (secondary N) is 2. The summed E-state index contributed by atoms with van der Waals surface area (Å²) in [6.45, 7) is 0. The van der Waals surface area contributed by atoms with Gasteiger partial charge < -0.3 is 16.2 Å². The van der Waals surface area contributed by atoms with E-state index >= 15 is 0 Å². The lowest BCUT2D eigenvalue weighted by molar-refractivity contribution is 0.475. The van der Waals surface area contributed by atoms with Crippen LogP contribution in [0.5, 0.6) is 5.75 Å². The van der Waals surface area contributed by atoms with Crippen LogP contribution in [0.15, 0.2) is 48.8 Å². The molecular formula is C17H13ClN6O. The van der Waals surface area contributed by atoms with Gasteiger partial charge in [0, 0.05) is 21.7 Å². The van der Waals surface area contributed by atoms with Crippen LogP contribution in [0.4, 0.5) is 17.3 Å². The van der Waals surface area contributed by atoms with Crippen LogP contribution in [0.25, 0.3) is 22.2 Å². The fourth-order valence-corrected chi connectivity index (χ4v) is 2.67. The molecule has 0 fully saturated rings. The minimum Gasteiger partial charge on any atom is -0.503 e. The third-order valence-corrected chi connectivity index (χ3v) is 4.05. The average Bonchev–Trinajstić information content (AvgIpc) is 2.98. The maximum absolute atomic E-state index is 10.5. The number of nitrogen functional groups attached to an aromatic ring is 1. The van der Waals surface area contributed by atoms with Crippen LogP contribution in [0, 0.1) is 0 Å². The number of nitrogens with zero attached hydrogens (tertiary/aromatic N) is 3. The van der Waals surface area contributed by atoms with Gasteiger partial charge in [-0.05, 0) is 30.3 Å². The number of aromatic amines is 1. The SMILES string of the molecule is Nc1n[nH]c2cc(Nc3ncnc(-c4ccc(Cl)cc4)c3O)ccc12. The molecule has 0 radical (unpaired) electrons. The summed E-state index contributed by atoms with van der Waals surface area (Å²) >= 11 is 5.90. The molecule has 0 aliphatic carbocycles. The first-order chi connectivity index (χ1) is 12.1. The molecule has 5 N–H and O–H groups in total. The monoisotopic (exact) mass is 352 g/mol. The summed E-state index contributed by atoms with van der Waals surface area (Å²) in [6.07, 6.45) is 1.39. The first-order valence-corrected chi connectivity index (χ1v) is 7.80. The summed E-state index contributed by atoms with van der Waals surface area (Å²) in [7, 11) is 0. The number of anilines is 3. The summed E-state index contributed by atoms with van der Waals surface area (Å²) < 4.78 is 0. The lowest BCUT2D eigenvalue weighted by atomic mass is 10.1. The second-order valence-electron chi connectivity index (χ2n) is 5.42. The van der Waals surface area contributed by atoms with Gasteiger partial charge in [0.15, 0.2) is 17.4 Å². The van der Waals surface area contributed by atoms with Crippen molar-refractivity contribution < 1.29 is 5.11 Å². The highest BCUT2D eigenvalue weighted by Crippen LogP contribution is 2.34. The Labute approximate surface area is 147 Å². The van der Waals surface area contributed by atoms with Gasteiger partial charge in [0.25, 0.3) is 0 Å². The number of benzene rings is 2. The number of aromatic nitrogens is 4. The molecule has 2 heterocycles. The van der Waals surface area contributed by atoms with Crippen molar-refractivity contribution in [1.82, 2.24) is 20.2 Å². The van der Waals surface area contributed by atoms with Crippen LogP contribution in [0.2, 0.25) is 5.02 Å². The zero-order valence-electron chi connectivity index (χ0n) is 12.9. The normalized spacial score (nSPS) is 10.9. The Bertz CT molecular complexity index is 1060. The third-order valence-electron chi connectivity index (χ3n) is 3.80. The van der Waals surface area contributed by atoms with E-state index in [0.717, 1.165) is 22.2 Å². The second kappa shape index (κ2) is 5.95. The highest BCUT2D eigenvalue weighted by Gasteiger charge is 2.13. The van der Waals surface area contributed by atoms with Crippen molar-refractivity contribution in [3.05, 3.63) is 53.8 Å². The van der Waals surface area contributed by atoms with Gasteiger partial charge in [0.2, 0.25) is 0 Å². The number of rotatable bonds is 3. The number of aromatic hydroxyl groups is 1. The topological polar surface area (TPSA) is 113 Å². The lowest BCUT2D eigenvalue weighted by Crippen LogP contribution is -1.97. The number of halogens is 1. The van der Waals surface area contributed by atoms with Gasteiger partial charge >= 0.3 is 0 Å². The smallest absolute Gasteiger partial charge is 0.185 e. The van der Waals surface area contributed by atoms with Gasteiger partial charge in [0.05, 0.1) is 5.52 Å². The largest absolute Gasteiger partial charge is 0.503 e. The minimum atomic E-state index is -0.0472. The molecule has 7 nitrogen and oxygen atoms in total. The molecular weight excluding hydrogens is 340 g/mol. The van der Waals surface area contributed by atoms with Crippen molar-refractivity contribution in [2.75, 3.05) is 11.1 Å². The standard InChI is InChI=1S/C17H13ClN6O/c18-10-3-1-9(2-4-10)14-15(25)17(21-8-20-14)22-11-5-6-12-13(7-11)23-24-16(12)19/h1-8,25H,(H3,19,23,24)(H,20,21,22). The van der Waals surface area contributed by atoms with Gasteiger partial charge in [-0.3, -0.25) is 5.10 Å². The van der Waals surface area contributed by atoms with E-state index in [1.165, 1.54) is 6.33 Å². The molecule has 0 aliphatic rings. The zero-order valence-corrected chi connectivity index (χ0v) is 13.6.